The second-order valence-corrected chi connectivity index (χ2v) is 3.65. The van der Waals surface area contributed by atoms with Crippen molar-refractivity contribution < 1.29 is 8.78 Å². The molecule has 2 nitrogen and oxygen atoms in total. The van der Waals surface area contributed by atoms with E-state index in [2.05, 4.69) is 20.9 Å². The van der Waals surface area contributed by atoms with Gasteiger partial charge in [-0.25, -0.2) is 13.8 Å². The number of halogens is 4. The average molecular weight is 281 g/mol. The van der Waals surface area contributed by atoms with Crippen LogP contribution in [0.15, 0.2) is 10.5 Å². The highest BCUT2D eigenvalue weighted by Crippen LogP contribution is 2.32. The number of aromatic nitrogens is 1. The molecule has 1 aromatic rings. The zero-order valence-corrected chi connectivity index (χ0v) is 9.11. The Morgan fingerprint density at radius 1 is 1.64 bits per heavy atom. The topological polar surface area (TPSA) is 36.7 Å². The molecule has 0 saturated heterocycles. The van der Waals surface area contributed by atoms with Crippen molar-refractivity contribution in [2.75, 3.05) is 0 Å². The lowest BCUT2D eigenvalue weighted by atomic mass is 10.2. The summed E-state index contributed by atoms with van der Waals surface area (Å²) >= 11 is 8.49. The van der Waals surface area contributed by atoms with Crippen LogP contribution < -0.4 is 0 Å². The number of alkyl halides is 2. The van der Waals surface area contributed by atoms with Gasteiger partial charge < -0.3 is 0 Å². The van der Waals surface area contributed by atoms with E-state index in [0.29, 0.717) is 5.69 Å². The van der Waals surface area contributed by atoms with Crippen molar-refractivity contribution in [2.45, 2.75) is 12.8 Å². The average Bonchev–Trinajstić information content (AvgIpc) is 2.01. The Balaban J connectivity index is 3.19. The molecule has 0 amide bonds. The van der Waals surface area contributed by atoms with Gasteiger partial charge in [0.05, 0.1) is 23.7 Å². The van der Waals surface area contributed by atoms with Crippen LogP contribution in [0.1, 0.15) is 17.7 Å². The molecular weight excluding hydrogens is 277 g/mol. The Labute approximate surface area is 92.6 Å². The van der Waals surface area contributed by atoms with E-state index in [1.165, 1.54) is 6.07 Å². The van der Waals surface area contributed by atoms with Crippen molar-refractivity contribution >= 4 is 27.5 Å². The standard InChI is InChI=1S/C8H4BrClF2N2/c9-5-3-4(1-2-13)14-7(10)6(5)8(11)12/h3,8H,1H2. The van der Waals surface area contributed by atoms with Gasteiger partial charge in [-0.05, 0) is 6.07 Å². The molecule has 74 valence electrons. The quantitative estimate of drug-likeness (QED) is 0.778. The van der Waals surface area contributed by atoms with E-state index in [-0.39, 0.29) is 21.6 Å². The highest BCUT2D eigenvalue weighted by Gasteiger charge is 2.18. The minimum atomic E-state index is -2.68. The summed E-state index contributed by atoms with van der Waals surface area (Å²) < 4.78 is 25.0. The largest absolute Gasteiger partial charge is 0.267 e. The third kappa shape index (κ3) is 2.40. The molecule has 0 aliphatic rings. The molecule has 0 atom stereocenters. The third-order valence-electron chi connectivity index (χ3n) is 1.49. The van der Waals surface area contributed by atoms with Crippen molar-refractivity contribution in [1.29, 1.82) is 5.26 Å². The van der Waals surface area contributed by atoms with E-state index >= 15 is 0 Å². The van der Waals surface area contributed by atoms with Crippen LogP contribution in [0.5, 0.6) is 0 Å². The van der Waals surface area contributed by atoms with Crippen molar-refractivity contribution in [2.24, 2.45) is 0 Å². The maximum Gasteiger partial charge on any atom is 0.267 e. The van der Waals surface area contributed by atoms with Crippen LogP contribution in [-0.4, -0.2) is 4.98 Å². The molecule has 1 rings (SSSR count). The van der Waals surface area contributed by atoms with Crippen LogP contribution in [0.3, 0.4) is 0 Å². The Bertz CT molecular complexity index is 366. The van der Waals surface area contributed by atoms with Crippen molar-refractivity contribution in [3.8, 4) is 6.07 Å². The van der Waals surface area contributed by atoms with E-state index in [0.717, 1.165) is 0 Å². The first kappa shape index (κ1) is 11.3. The molecule has 6 heteroatoms. The molecule has 0 spiro atoms. The molecule has 1 heterocycles. The van der Waals surface area contributed by atoms with Gasteiger partial charge >= 0.3 is 0 Å². The van der Waals surface area contributed by atoms with Gasteiger partial charge in [-0.15, -0.1) is 0 Å². The van der Waals surface area contributed by atoms with Gasteiger partial charge in [0, 0.05) is 4.47 Å². The molecule has 0 aliphatic carbocycles. The molecule has 0 aromatic carbocycles. The molecule has 1 aromatic heterocycles. The van der Waals surface area contributed by atoms with Gasteiger partial charge in [0.2, 0.25) is 0 Å². The Morgan fingerprint density at radius 2 is 2.29 bits per heavy atom. The van der Waals surface area contributed by atoms with Crippen LogP contribution in [0.25, 0.3) is 0 Å². The minimum Gasteiger partial charge on any atom is -0.239 e. The van der Waals surface area contributed by atoms with Gasteiger partial charge in [-0.2, -0.15) is 5.26 Å². The van der Waals surface area contributed by atoms with E-state index in [9.17, 15) is 8.78 Å². The number of nitrogens with zero attached hydrogens (tertiary/aromatic N) is 2. The summed E-state index contributed by atoms with van der Waals surface area (Å²) in [5.41, 5.74) is 0.0298. The molecular formula is C8H4BrClF2N2. The summed E-state index contributed by atoms with van der Waals surface area (Å²) in [4.78, 5) is 3.68. The molecule has 0 radical (unpaired) electrons. The Kier molecular flexibility index (Phi) is 3.78. The predicted octanol–water partition coefficient (Wildman–Crippen LogP) is 3.50. The maximum atomic E-state index is 12.4. The van der Waals surface area contributed by atoms with Crippen LogP contribution in [-0.2, 0) is 6.42 Å². The van der Waals surface area contributed by atoms with Gasteiger partial charge in [0.15, 0.2) is 0 Å². The lowest BCUT2D eigenvalue weighted by molar-refractivity contribution is 0.150. The van der Waals surface area contributed by atoms with Gasteiger partial charge in [0.1, 0.15) is 5.15 Å². The van der Waals surface area contributed by atoms with Crippen molar-refractivity contribution in [3.63, 3.8) is 0 Å². The molecule has 0 saturated carbocycles. The predicted molar refractivity (Wildman–Crippen MR) is 51.2 cm³/mol. The lowest BCUT2D eigenvalue weighted by Gasteiger charge is -2.06. The fourth-order valence-electron chi connectivity index (χ4n) is 0.907. The molecule has 0 bridgehead atoms. The Hall–Kier alpha value is -0.730. The van der Waals surface area contributed by atoms with Gasteiger partial charge in [-0.3, -0.25) is 0 Å². The Morgan fingerprint density at radius 3 is 2.71 bits per heavy atom. The van der Waals surface area contributed by atoms with Crippen LogP contribution in [0, 0.1) is 11.3 Å². The number of hydrogen-bond donors (Lipinski definition) is 0. The fourth-order valence-corrected chi connectivity index (χ4v) is 1.94. The van der Waals surface area contributed by atoms with Crippen LogP contribution in [0.2, 0.25) is 5.15 Å². The molecule has 0 aliphatic heterocycles. The summed E-state index contributed by atoms with van der Waals surface area (Å²) in [6, 6.07) is 3.23. The summed E-state index contributed by atoms with van der Waals surface area (Å²) in [6.07, 6.45) is -2.64. The monoisotopic (exact) mass is 280 g/mol. The first-order chi connectivity index (χ1) is 6.56. The highest BCUT2D eigenvalue weighted by molar-refractivity contribution is 9.10. The van der Waals surface area contributed by atoms with Crippen LogP contribution >= 0.6 is 27.5 Å². The zero-order valence-electron chi connectivity index (χ0n) is 6.77. The summed E-state index contributed by atoms with van der Waals surface area (Å²) in [7, 11) is 0. The van der Waals surface area contributed by atoms with E-state index < -0.39 is 6.43 Å². The number of nitriles is 1. The second-order valence-electron chi connectivity index (χ2n) is 2.44. The van der Waals surface area contributed by atoms with Crippen molar-refractivity contribution in [3.05, 3.63) is 26.9 Å². The molecule has 14 heavy (non-hydrogen) atoms. The summed E-state index contributed by atoms with van der Waals surface area (Å²) in [5, 5.41) is 8.12. The van der Waals surface area contributed by atoms with Gasteiger partial charge in [0.25, 0.3) is 6.43 Å². The van der Waals surface area contributed by atoms with E-state index in [1.54, 1.807) is 0 Å². The van der Waals surface area contributed by atoms with E-state index in [1.807, 2.05) is 6.07 Å². The third-order valence-corrected chi connectivity index (χ3v) is 2.44. The molecule has 0 fully saturated rings. The SMILES string of the molecule is N#CCc1cc(Br)c(C(F)F)c(Cl)n1. The van der Waals surface area contributed by atoms with Crippen LogP contribution in [0.4, 0.5) is 8.78 Å². The zero-order chi connectivity index (χ0) is 10.7. The normalized spacial score (nSPS) is 10.3. The minimum absolute atomic E-state index is 0.0435. The maximum absolute atomic E-state index is 12.4. The fraction of sp³-hybridized carbons (Fsp3) is 0.250. The van der Waals surface area contributed by atoms with E-state index in [4.69, 9.17) is 16.9 Å². The number of rotatable bonds is 2. The summed E-state index contributed by atoms with van der Waals surface area (Å²) in [6.45, 7) is 0. The van der Waals surface area contributed by atoms with Crippen molar-refractivity contribution in [1.82, 2.24) is 4.98 Å². The first-order valence-corrected chi connectivity index (χ1v) is 4.73. The molecule has 0 N–H and O–H groups in total. The summed E-state index contributed by atoms with van der Waals surface area (Å²) in [5.74, 6) is 0. The second kappa shape index (κ2) is 4.67. The van der Waals surface area contributed by atoms with Gasteiger partial charge in [-0.1, -0.05) is 27.5 Å². The first-order valence-electron chi connectivity index (χ1n) is 3.56. The molecule has 0 unspecified atom stereocenters. The smallest absolute Gasteiger partial charge is 0.239 e. The number of hydrogen-bond acceptors (Lipinski definition) is 2. The number of pyridine rings is 1. The lowest BCUT2D eigenvalue weighted by Crippen LogP contribution is -1.96. The highest BCUT2D eigenvalue weighted by atomic mass is 79.9.